The zero-order valence-electron chi connectivity index (χ0n) is 11.9. The molecule has 0 saturated heterocycles. The fraction of sp³-hybridized carbons (Fsp3) is 0.625. The van der Waals surface area contributed by atoms with E-state index in [0.29, 0.717) is 17.2 Å². The van der Waals surface area contributed by atoms with E-state index in [2.05, 4.69) is 13.8 Å². The standard InChI is InChI=1S/C16H23FO2/c1-10-4-6-14(8-11(10)2)19-16-7-5-13(17)9-15(16)12(3)18/h5,7,9-12,14,18H,4,6,8H2,1-3H3. The molecule has 0 aliphatic heterocycles. The third-order valence-electron chi connectivity index (χ3n) is 4.27. The quantitative estimate of drug-likeness (QED) is 0.893. The van der Waals surface area contributed by atoms with E-state index in [9.17, 15) is 9.50 Å². The smallest absolute Gasteiger partial charge is 0.125 e. The maximum Gasteiger partial charge on any atom is 0.125 e. The van der Waals surface area contributed by atoms with Gasteiger partial charge in [0.05, 0.1) is 12.2 Å². The van der Waals surface area contributed by atoms with Crippen LogP contribution in [0, 0.1) is 17.7 Å². The van der Waals surface area contributed by atoms with Crippen LogP contribution in [0.15, 0.2) is 18.2 Å². The Morgan fingerprint density at radius 1 is 1.26 bits per heavy atom. The molecule has 1 aromatic rings. The zero-order chi connectivity index (χ0) is 14.0. The van der Waals surface area contributed by atoms with Gasteiger partial charge in [-0.15, -0.1) is 0 Å². The Morgan fingerprint density at radius 2 is 2.00 bits per heavy atom. The Bertz CT molecular complexity index is 431. The Kier molecular flexibility index (Phi) is 4.46. The normalized spacial score (nSPS) is 29.0. The van der Waals surface area contributed by atoms with Crippen LogP contribution in [0.5, 0.6) is 5.75 Å². The summed E-state index contributed by atoms with van der Waals surface area (Å²) in [7, 11) is 0. The second kappa shape index (κ2) is 5.91. The van der Waals surface area contributed by atoms with E-state index in [1.807, 2.05) is 0 Å². The van der Waals surface area contributed by atoms with Crippen LogP contribution in [0.2, 0.25) is 0 Å². The maximum absolute atomic E-state index is 13.2. The summed E-state index contributed by atoms with van der Waals surface area (Å²) >= 11 is 0. The van der Waals surface area contributed by atoms with Crippen molar-refractivity contribution in [3.8, 4) is 5.75 Å². The number of hydrogen-bond donors (Lipinski definition) is 1. The van der Waals surface area contributed by atoms with Gasteiger partial charge in [-0.2, -0.15) is 0 Å². The minimum absolute atomic E-state index is 0.175. The fourth-order valence-electron chi connectivity index (χ4n) is 2.74. The highest BCUT2D eigenvalue weighted by Gasteiger charge is 2.26. The molecule has 0 heterocycles. The van der Waals surface area contributed by atoms with Crippen molar-refractivity contribution in [3.05, 3.63) is 29.6 Å². The number of ether oxygens (including phenoxy) is 1. The van der Waals surface area contributed by atoms with E-state index >= 15 is 0 Å². The largest absolute Gasteiger partial charge is 0.490 e. The Hall–Kier alpha value is -1.09. The van der Waals surface area contributed by atoms with Crippen molar-refractivity contribution in [1.29, 1.82) is 0 Å². The number of hydrogen-bond acceptors (Lipinski definition) is 2. The summed E-state index contributed by atoms with van der Waals surface area (Å²) in [6.45, 7) is 6.16. The van der Waals surface area contributed by atoms with Crippen molar-refractivity contribution in [3.63, 3.8) is 0 Å². The first-order valence-corrected chi connectivity index (χ1v) is 7.11. The molecule has 0 aromatic heterocycles. The molecule has 106 valence electrons. The summed E-state index contributed by atoms with van der Waals surface area (Å²) in [6, 6.07) is 4.37. The van der Waals surface area contributed by atoms with Gasteiger partial charge >= 0.3 is 0 Å². The van der Waals surface area contributed by atoms with Crippen LogP contribution in [-0.2, 0) is 0 Å². The molecule has 1 fully saturated rings. The van der Waals surface area contributed by atoms with Crippen LogP contribution in [0.3, 0.4) is 0 Å². The van der Waals surface area contributed by atoms with Crippen molar-refractivity contribution >= 4 is 0 Å². The van der Waals surface area contributed by atoms with Crippen LogP contribution >= 0.6 is 0 Å². The van der Waals surface area contributed by atoms with Crippen molar-refractivity contribution in [2.75, 3.05) is 0 Å². The average molecular weight is 266 g/mol. The molecule has 4 unspecified atom stereocenters. The lowest BCUT2D eigenvalue weighted by atomic mass is 9.80. The van der Waals surface area contributed by atoms with Gasteiger partial charge in [0.1, 0.15) is 11.6 Å². The number of halogens is 1. The lowest BCUT2D eigenvalue weighted by Crippen LogP contribution is -2.29. The second-order valence-corrected chi connectivity index (χ2v) is 5.87. The van der Waals surface area contributed by atoms with Gasteiger partial charge in [0.15, 0.2) is 0 Å². The SMILES string of the molecule is CC(O)c1cc(F)ccc1OC1CCC(C)C(C)C1. The zero-order valence-corrected chi connectivity index (χ0v) is 11.9. The monoisotopic (exact) mass is 266 g/mol. The van der Waals surface area contributed by atoms with E-state index in [-0.39, 0.29) is 11.9 Å². The van der Waals surface area contributed by atoms with Crippen LogP contribution in [0.4, 0.5) is 4.39 Å². The predicted molar refractivity (Wildman–Crippen MR) is 73.6 cm³/mol. The second-order valence-electron chi connectivity index (χ2n) is 5.87. The minimum atomic E-state index is -0.717. The maximum atomic E-state index is 13.2. The van der Waals surface area contributed by atoms with Crippen molar-refractivity contribution in [2.24, 2.45) is 11.8 Å². The number of aliphatic hydroxyl groups excluding tert-OH is 1. The molecule has 0 spiro atoms. The van der Waals surface area contributed by atoms with Gasteiger partial charge in [-0.25, -0.2) is 4.39 Å². The Morgan fingerprint density at radius 3 is 2.63 bits per heavy atom. The fourth-order valence-corrected chi connectivity index (χ4v) is 2.74. The van der Waals surface area contributed by atoms with Crippen LogP contribution < -0.4 is 4.74 Å². The highest BCUT2D eigenvalue weighted by atomic mass is 19.1. The van der Waals surface area contributed by atoms with Gasteiger partial charge in [-0.1, -0.05) is 13.8 Å². The molecule has 1 aliphatic rings. The average Bonchev–Trinajstić information content (AvgIpc) is 2.36. The number of benzene rings is 1. The van der Waals surface area contributed by atoms with E-state index in [1.165, 1.54) is 12.1 Å². The van der Waals surface area contributed by atoms with Gasteiger partial charge in [0.2, 0.25) is 0 Å². The summed E-state index contributed by atoms with van der Waals surface area (Å²) in [5.74, 6) is 1.66. The molecule has 0 amide bonds. The predicted octanol–water partition coefficient (Wildman–Crippen LogP) is 4.08. The van der Waals surface area contributed by atoms with Gasteiger partial charge in [-0.3, -0.25) is 0 Å². The van der Waals surface area contributed by atoms with E-state index < -0.39 is 6.10 Å². The van der Waals surface area contributed by atoms with Crippen molar-refractivity contribution < 1.29 is 14.2 Å². The van der Waals surface area contributed by atoms with Gasteiger partial charge in [0.25, 0.3) is 0 Å². The molecule has 1 aromatic carbocycles. The first-order chi connectivity index (χ1) is 8.97. The molecule has 1 N–H and O–H groups in total. The summed E-state index contributed by atoms with van der Waals surface area (Å²) in [6.07, 6.45) is 2.68. The van der Waals surface area contributed by atoms with Crippen LogP contribution in [0.25, 0.3) is 0 Å². The van der Waals surface area contributed by atoms with Crippen molar-refractivity contribution in [1.82, 2.24) is 0 Å². The third kappa shape index (κ3) is 3.47. The van der Waals surface area contributed by atoms with Crippen LogP contribution in [0.1, 0.15) is 51.7 Å². The Balaban J connectivity index is 2.11. The first-order valence-electron chi connectivity index (χ1n) is 7.11. The van der Waals surface area contributed by atoms with Gasteiger partial charge in [0, 0.05) is 5.56 Å². The summed E-state index contributed by atoms with van der Waals surface area (Å²) in [5.41, 5.74) is 0.534. The lowest BCUT2D eigenvalue weighted by molar-refractivity contribution is 0.0956. The summed E-state index contributed by atoms with van der Waals surface area (Å²) < 4.78 is 19.2. The first kappa shape index (κ1) is 14.3. The van der Waals surface area contributed by atoms with E-state index in [0.717, 1.165) is 25.2 Å². The molecule has 0 bridgehead atoms. The lowest BCUT2D eigenvalue weighted by Gasteiger charge is -2.32. The van der Waals surface area contributed by atoms with Crippen LogP contribution in [-0.4, -0.2) is 11.2 Å². The topological polar surface area (TPSA) is 29.5 Å². The number of rotatable bonds is 3. The Labute approximate surface area is 114 Å². The summed E-state index contributed by atoms with van der Waals surface area (Å²) in [5, 5.41) is 9.71. The highest BCUT2D eigenvalue weighted by molar-refractivity contribution is 5.35. The molecule has 19 heavy (non-hydrogen) atoms. The molecule has 2 nitrogen and oxygen atoms in total. The summed E-state index contributed by atoms with van der Waals surface area (Å²) in [4.78, 5) is 0. The minimum Gasteiger partial charge on any atom is -0.490 e. The molecule has 2 rings (SSSR count). The highest BCUT2D eigenvalue weighted by Crippen LogP contribution is 2.34. The van der Waals surface area contributed by atoms with Gasteiger partial charge < -0.3 is 9.84 Å². The molecule has 0 radical (unpaired) electrons. The molecule has 4 atom stereocenters. The molecular formula is C16H23FO2. The van der Waals surface area contributed by atoms with E-state index in [4.69, 9.17) is 4.74 Å². The van der Waals surface area contributed by atoms with E-state index in [1.54, 1.807) is 13.0 Å². The molecule has 1 saturated carbocycles. The van der Waals surface area contributed by atoms with Gasteiger partial charge in [-0.05, 0) is 56.2 Å². The molecular weight excluding hydrogens is 243 g/mol. The molecule has 1 aliphatic carbocycles. The van der Waals surface area contributed by atoms with Crippen molar-refractivity contribution in [2.45, 2.75) is 52.2 Å². The molecule has 3 heteroatoms. The number of aliphatic hydroxyl groups is 1. The third-order valence-corrected chi connectivity index (χ3v) is 4.27.